The van der Waals surface area contributed by atoms with Crippen LogP contribution in [0.3, 0.4) is 0 Å². The third-order valence-electron chi connectivity index (χ3n) is 4.97. The number of aromatic amines is 1. The SMILES string of the molecule is Cl.NC(=Nc1cccc(-c2cnc(CNC3CCCCC3)[nH]2)c1)c1cccs1. The molecule has 0 amide bonds. The van der Waals surface area contributed by atoms with E-state index in [0.29, 0.717) is 11.9 Å². The highest BCUT2D eigenvalue weighted by Gasteiger charge is 2.13. The van der Waals surface area contributed by atoms with Gasteiger partial charge in [0.25, 0.3) is 0 Å². The van der Waals surface area contributed by atoms with Gasteiger partial charge in [-0.3, -0.25) is 0 Å². The van der Waals surface area contributed by atoms with E-state index in [2.05, 4.69) is 26.3 Å². The maximum Gasteiger partial charge on any atom is 0.141 e. The molecular weight excluding hydrogens is 390 g/mol. The number of aliphatic imine (C=N–C) groups is 1. The van der Waals surface area contributed by atoms with E-state index >= 15 is 0 Å². The second kappa shape index (κ2) is 9.87. The van der Waals surface area contributed by atoms with Gasteiger partial charge in [-0.05, 0) is 36.4 Å². The van der Waals surface area contributed by atoms with Crippen LogP contribution in [0.15, 0.2) is 53.0 Å². The smallest absolute Gasteiger partial charge is 0.141 e. The number of benzene rings is 1. The summed E-state index contributed by atoms with van der Waals surface area (Å²) in [7, 11) is 0. The van der Waals surface area contributed by atoms with Crippen LogP contribution in [0.25, 0.3) is 11.3 Å². The molecule has 4 rings (SSSR count). The first-order chi connectivity index (χ1) is 13.3. The van der Waals surface area contributed by atoms with E-state index < -0.39 is 0 Å². The number of hydrogen-bond acceptors (Lipinski definition) is 4. The van der Waals surface area contributed by atoms with Crippen LogP contribution >= 0.6 is 23.7 Å². The van der Waals surface area contributed by atoms with Crippen LogP contribution in [-0.4, -0.2) is 21.8 Å². The number of hydrogen-bond donors (Lipinski definition) is 3. The average Bonchev–Trinajstić information content (AvgIpc) is 3.40. The molecule has 4 N–H and O–H groups in total. The van der Waals surface area contributed by atoms with Gasteiger partial charge in [-0.1, -0.05) is 37.5 Å². The molecule has 1 fully saturated rings. The largest absolute Gasteiger partial charge is 0.383 e. The minimum atomic E-state index is 0. The van der Waals surface area contributed by atoms with E-state index in [1.54, 1.807) is 11.3 Å². The van der Waals surface area contributed by atoms with Crippen LogP contribution in [-0.2, 0) is 6.54 Å². The van der Waals surface area contributed by atoms with Gasteiger partial charge in [0.1, 0.15) is 11.7 Å². The topological polar surface area (TPSA) is 79.1 Å². The molecule has 5 nitrogen and oxygen atoms in total. The van der Waals surface area contributed by atoms with Crippen molar-refractivity contribution in [3.05, 3.63) is 58.7 Å². The lowest BCUT2D eigenvalue weighted by molar-refractivity contribution is 0.369. The number of H-pyrrole nitrogens is 1. The van der Waals surface area contributed by atoms with Gasteiger partial charge in [0.2, 0.25) is 0 Å². The van der Waals surface area contributed by atoms with E-state index in [1.165, 1.54) is 32.1 Å². The summed E-state index contributed by atoms with van der Waals surface area (Å²) < 4.78 is 0. The minimum Gasteiger partial charge on any atom is -0.383 e. The van der Waals surface area contributed by atoms with Crippen molar-refractivity contribution in [1.82, 2.24) is 15.3 Å². The fourth-order valence-corrected chi connectivity index (χ4v) is 4.14. The Morgan fingerprint density at radius 1 is 1.21 bits per heavy atom. The molecular formula is C21H26ClN5S. The highest BCUT2D eigenvalue weighted by molar-refractivity contribution is 7.12. The van der Waals surface area contributed by atoms with Crippen molar-refractivity contribution in [2.75, 3.05) is 0 Å². The van der Waals surface area contributed by atoms with Crippen LogP contribution in [0, 0.1) is 0 Å². The van der Waals surface area contributed by atoms with E-state index in [1.807, 2.05) is 41.9 Å². The molecule has 2 heterocycles. The molecule has 3 aromatic rings. The molecule has 1 aliphatic rings. The molecule has 0 atom stereocenters. The first-order valence-electron chi connectivity index (χ1n) is 9.54. The number of aromatic nitrogens is 2. The third kappa shape index (κ3) is 5.22. The van der Waals surface area contributed by atoms with Gasteiger partial charge >= 0.3 is 0 Å². The second-order valence-corrected chi connectivity index (χ2v) is 7.93. The minimum absolute atomic E-state index is 0. The fraction of sp³-hybridized carbons (Fsp3) is 0.333. The molecule has 1 saturated carbocycles. The Morgan fingerprint density at radius 3 is 2.86 bits per heavy atom. The lowest BCUT2D eigenvalue weighted by Crippen LogP contribution is -2.30. The molecule has 0 spiro atoms. The molecule has 0 bridgehead atoms. The first-order valence-corrected chi connectivity index (χ1v) is 10.4. The molecule has 0 aliphatic heterocycles. The molecule has 28 heavy (non-hydrogen) atoms. The summed E-state index contributed by atoms with van der Waals surface area (Å²) in [6, 6.07) is 12.6. The van der Waals surface area contributed by atoms with Gasteiger partial charge in [0.05, 0.1) is 29.0 Å². The van der Waals surface area contributed by atoms with E-state index in [0.717, 1.165) is 34.2 Å². The summed E-state index contributed by atoms with van der Waals surface area (Å²) in [6.07, 6.45) is 8.49. The number of halogens is 1. The molecule has 0 unspecified atom stereocenters. The predicted octanol–water partition coefficient (Wildman–Crippen LogP) is 5.02. The van der Waals surface area contributed by atoms with Crippen LogP contribution in [0.4, 0.5) is 5.69 Å². The van der Waals surface area contributed by atoms with Gasteiger partial charge in [-0.25, -0.2) is 9.98 Å². The van der Waals surface area contributed by atoms with Gasteiger partial charge in [-0.2, -0.15) is 0 Å². The molecule has 148 valence electrons. The van der Waals surface area contributed by atoms with Gasteiger partial charge in [0, 0.05) is 11.6 Å². The zero-order chi connectivity index (χ0) is 18.5. The highest BCUT2D eigenvalue weighted by Crippen LogP contribution is 2.24. The van der Waals surface area contributed by atoms with E-state index in [9.17, 15) is 0 Å². The zero-order valence-corrected chi connectivity index (χ0v) is 17.4. The Bertz CT molecular complexity index is 897. The predicted molar refractivity (Wildman–Crippen MR) is 120 cm³/mol. The summed E-state index contributed by atoms with van der Waals surface area (Å²) in [5.41, 5.74) is 9.01. The molecule has 1 aliphatic carbocycles. The fourth-order valence-electron chi connectivity index (χ4n) is 3.51. The monoisotopic (exact) mass is 415 g/mol. The van der Waals surface area contributed by atoms with Crippen molar-refractivity contribution in [3.8, 4) is 11.3 Å². The van der Waals surface area contributed by atoms with Crippen molar-refractivity contribution in [2.24, 2.45) is 10.7 Å². The van der Waals surface area contributed by atoms with Crippen molar-refractivity contribution >= 4 is 35.3 Å². The Balaban J connectivity index is 0.00000225. The Hall–Kier alpha value is -2.15. The maximum absolute atomic E-state index is 6.11. The van der Waals surface area contributed by atoms with Crippen molar-refractivity contribution in [3.63, 3.8) is 0 Å². The van der Waals surface area contributed by atoms with Crippen molar-refractivity contribution in [1.29, 1.82) is 0 Å². The van der Waals surface area contributed by atoms with Crippen molar-refractivity contribution in [2.45, 2.75) is 44.7 Å². The summed E-state index contributed by atoms with van der Waals surface area (Å²) in [5.74, 6) is 1.52. The molecule has 0 saturated heterocycles. The van der Waals surface area contributed by atoms with E-state index in [4.69, 9.17) is 5.73 Å². The number of amidine groups is 1. The lowest BCUT2D eigenvalue weighted by Gasteiger charge is -2.22. The van der Waals surface area contributed by atoms with Crippen molar-refractivity contribution < 1.29 is 0 Å². The van der Waals surface area contributed by atoms with Gasteiger partial charge in [-0.15, -0.1) is 23.7 Å². The number of nitrogens with one attached hydrogen (secondary N) is 2. The normalized spacial score (nSPS) is 15.4. The first kappa shape index (κ1) is 20.6. The Morgan fingerprint density at radius 2 is 2.07 bits per heavy atom. The molecule has 2 aromatic heterocycles. The number of nitrogens with two attached hydrogens (primary N) is 1. The quantitative estimate of drug-likeness (QED) is 0.390. The molecule has 1 aromatic carbocycles. The lowest BCUT2D eigenvalue weighted by atomic mass is 9.95. The zero-order valence-electron chi connectivity index (χ0n) is 15.7. The van der Waals surface area contributed by atoms with Crippen LogP contribution < -0.4 is 11.1 Å². The standard InChI is InChI=1S/C21H25N5S.ClH/c22-21(19-10-5-11-27-19)25-17-9-4-6-15(12-17)18-13-24-20(26-18)14-23-16-7-2-1-3-8-16;/h4-6,9-13,16,23H,1-3,7-8,14H2,(H2,22,25)(H,24,26);1H. The summed E-state index contributed by atoms with van der Waals surface area (Å²) in [4.78, 5) is 13.5. The van der Waals surface area contributed by atoms with Gasteiger partial charge in [0.15, 0.2) is 0 Å². The second-order valence-electron chi connectivity index (χ2n) is 6.98. The summed E-state index contributed by atoms with van der Waals surface area (Å²) >= 11 is 1.59. The molecule has 7 heteroatoms. The Labute approximate surface area is 175 Å². The number of rotatable bonds is 6. The van der Waals surface area contributed by atoms with Crippen LogP contribution in [0.1, 0.15) is 42.8 Å². The number of thiophene rings is 1. The average molecular weight is 416 g/mol. The summed E-state index contributed by atoms with van der Waals surface area (Å²) in [6.45, 7) is 0.786. The molecule has 0 radical (unpaired) electrons. The maximum atomic E-state index is 6.11. The number of imidazole rings is 1. The number of nitrogens with zero attached hydrogens (tertiary/aromatic N) is 2. The van der Waals surface area contributed by atoms with Crippen LogP contribution in [0.5, 0.6) is 0 Å². The third-order valence-corrected chi connectivity index (χ3v) is 5.86. The van der Waals surface area contributed by atoms with Gasteiger partial charge < -0.3 is 16.0 Å². The summed E-state index contributed by atoms with van der Waals surface area (Å²) in [5, 5.41) is 5.63. The van der Waals surface area contributed by atoms with Crippen LogP contribution in [0.2, 0.25) is 0 Å². The van der Waals surface area contributed by atoms with E-state index in [-0.39, 0.29) is 12.4 Å². The highest BCUT2D eigenvalue weighted by atomic mass is 35.5. The Kier molecular flexibility index (Phi) is 7.25.